The number of esters is 3. The third-order valence-electron chi connectivity index (χ3n) is 15.6. The molecule has 77 heavy (non-hydrogen) atoms. The Morgan fingerprint density at radius 3 is 0.779 bits per heavy atom. The molecule has 1 atom stereocenters. The molecule has 0 aromatic carbocycles. The van der Waals surface area contributed by atoms with Crippen LogP contribution in [0.2, 0.25) is 0 Å². The third-order valence-corrected chi connectivity index (χ3v) is 15.6. The summed E-state index contributed by atoms with van der Waals surface area (Å²) in [5.74, 6) is -0.906. The lowest BCUT2D eigenvalue weighted by atomic mass is 10.0. The summed E-state index contributed by atoms with van der Waals surface area (Å²) in [6.45, 7) is 6.67. The molecule has 0 unspecified atom stereocenters. The molecule has 0 aliphatic rings. The summed E-state index contributed by atoms with van der Waals surface area (Å²) in [4.78, 5) is 38.4. The number of unbranched alkanes of at least 4 members (excludes halogenated alkanes) is 47. The fourth-order valence-corrected chi connectivity index (χ4v) is 10.5. The highest BCUT2D eigenvalue weighted by molar-refractivity contribution is 5.71. The molecule has 6 nitrogen and oxygen atoms in total. The highest BCUT2D eigenvalue weighted by Gasteiger charge is 2.19. The van der Waals surface area contributed by atoms with Crippen LogP contribution in [0.15, 0.2) is 36.5 Å². The van der Waals surface area contributed by atoms with Crippen LogP contribution >= 0.6 is 0 Å². The second-order valence-electron chi connectivity index (χ2n) is 23.5. The van der Waals surface area contributed by atoms with Crippen molar-refractivity contribution < 1.29 is 28.6 Å². The van der Waals surface area contributed by atoms with Gasteiger partial charge in [-0.15, -0.1) is 0 Å². The molecule has 0 bridgehead atoms. The zero-order valence-corrected chi connectivity index (χ0v) is 52.0. The lowest BCUT2D eigenvalue weighted by Gasteiger charge is -2.18. The molecule has 0 spiro atoms. The first-order chi connectivity index (χ1) is 38.0. The molecule has 0 saturated heterocycles. The van der Waals surface area contributed by atoms with Gasteiger partial charge in [0.25, 0.3) is 0 Å². The summed E-state index contributed by atoms with van der Waals surface area (Å²) in [6, 6.07) is 0. The van der Waals surface area contributed by atoms with Crippen LogP contribution in [0.5, 0.6) is 0 Å². The number of hydrogen-bond acceptors (Lipinski definition) is 6. The first-order valence-corrected chi connectivity index (χ1v) is 34.5. The molecule has 0 aliphatic heterocycles. The Morgan fingerprint density at radius 2 is 0.481 bits per heavy atom. The summed E-state index contributed by atoms with van der Waals surface area (Å²) in [5, 5.41) is 0. The van der Waals surface area contributed by atoms with E-state index >= 15 is 0 Å². The average Bonchev–Trinajstić information content (AvgIpc) is 3.43. The van der Waals surface area contributed by atoms with Crippen molar-refractivity contribution >= 4 is 17.9 Å². The summed E-state index contributed by atoms with van der Waals surface area (Å²) in [6.07, 6.45) is 81.7. The average molecular weight is 1080 g/mol. The normalized spacial score (nSPS) is 12.2. The molecule has 0 saturated carbocycles. The number of rotatable bonds is 64. The van der Waals surface area contributed by atoms with Crippen molar-refractivity contribution in [2.45, 2.75) is 386 Å². The zero-order chi connectivity index (χ0) is 55.7. The highest BCUT2D eigenvalue weighted by atomic mass is 16.6. The van der Waals surface area contributed by atoms with Gasteiger partial charge in [0, 0.05) is 19.3 Å². The van der Waals surface area contributed by atoms with Crippen LogP contribution in [0, 0.1) is 0 Å². The van der Waals surface area contributed by atoms with Crippen LogP contribution in [0.4, 0.5) is 0 Å². The van der Waals surface area contributed by atoms with Crippen LogP contribution in [-0.2, 0) is 28.6 Å². The lowest BCUT2D eigenvalue weighted by Crippen LogP contribution is -2.30. The molecule has 452 valence electrons. The van der Waals surface area contributed by atoms with Crippen molar-refractivity contribution in [2.24, 2.45) is 0 Å². The van der Waals surface area contributed by atoms with E-state index in [0.29, 0.717) is 25.7 Å². The van der Waals surface area contributed by atoms with E-state index in [1.54, 1.807) is 0 Å². The number of ether oxygens (including phenoxy) is 3. The Bertz CT molecular complexity index is 1290. The second-order valence-corrected chi connectivity index (χ2v) is 23.5. The topological polar surface area (TPSA) is 78.9 Å². The Morgan fingerprint density at radius 1 is 0.260 bits per heavy atom. The van der Waals surface area contributed by atoms with Crippen LogP contribution in [-0.4, -0.2) is 37.2 Å². The van der Waals surface area contributed by atoms with Gasteiger partial charge in [-0.05, 0) is 51.4 Å². The van der Waals surface area contributed by atoms with Crippen LogP contribution in [0.1, 0.15) is 380 Å². The Labute approximate surface area is 480 Å². The van der Waals surface area contributed by atoms with Gasteiger partial charge in [0.15, 0.2) is 6.10 Å². The minimum absolute atomic E-state index is 0.0818. The predicted molar refractivity (Wildman–Crippen MR) is 335 cm³/mol. The standard InChI is InChI=1S/C71H132O6/c1-4-7-10-13-16-19-22-25-28-31-33-35-37-40-43-46-49-52-55-58-61-64-70(73)76-67-68(66-75-69(72)63-60-57-54-51-48-45-42-39-30-27-24-21-18-15-12-9-6-3)77-71(74)65-62-59-56-53-50-47-44-41-38-36-34-32-29-26-23-20-17-14-11-8-5-2/h27,30,42,45,51,54,68H,4-26,28-29,31-41,43-44,46-50,52-53,55-67H2,1-3H3/b30-27-,45-42-,54-51-/t68-/m1/s1. The highest BCUT2D eigenvalue weighted by Crippen LogP contribution is 2.18. The van der Waals surface area contributed by atoms with Gasteiger partial charge in [0.05, 0.1) is 0 Å². The summed E-state index contributed by atoms with van der Waals surface area (Å²) in [5.41, 5.74) is 0. The smallest absolute Gasteiger partial charge is 0.306 e. The summed E-state index contributed by atoms with van der Waals surface area (Å²) >= 11 is 0. The first-order valence-electron chi connectivity index (χ1n) is 34.5. The Kier molecular flexibility index (Phi) is 64.1. The molecular weight excluding hydrogens is 949 g/mol. The van der Waals surface area contributed by atoms with Gasteiger partial charge in [0.1, 0.15) is 13.2 Å². The monoisotopic (exact) mass is 1080 g/mol. The van der Waals surface area contributed by atoms with Crippen LogP contribution in [0.3, 0.4) is 0 Å². The van der Waals surface area contributed by atoms with Crippen molar-refractivity contribution in [2.75, 3.05) is 13.2 Å². The number of allylic oxidation sites excluding steroid dienone is 6. The summed E-state index contributed by atoms with van der Waals surface area (Å²) in [7, 11) is 0. The van der Waals surface area contributed by atoms with Crippen LogP contribution < -0.4 is 0 Å². The third kappa shape index (κ3) is 64.3. The van der Waals surface area contributed by atoms with Crippen LogP contribution in [0.25, 0.3) is 0 Å². The van der Waals surface area contributed by atoms with Gasteiger partial charge in [-0.25, -0.2) is 0 Å². The van der Waals surface area contributed by atoms with Crippen molar-refractivity contribution in [1.82, 2.24) is 0 Å². The maximum absolute atomic E-state index is 12.9. The van der Waals surface area contributed by atoms with Crippen molar-refractivity contribution in [3.63, 3.8) is 0 Å². The van der Waals surface area contributed by atoms with Gasteiger partial charge in [-0.3, -0.25) is 14.4 Å². The fraction of sp³-hybridized carbons (Fsp3) is 0.873. The molecule has 0 fully saturated rings. The minimum Gasteiger partial charge on any atom is -0.462 e. The van der Waals surface area contributed by atoms with E-state index in [2.05, 4.69) is 57.2 Å². The van der Waals surface area contributed by atoms with Crippen molar-refractivity contribution in [3.8, 4) is 0 Å². The van der Waals surface area contributed by atoms with E-state index in [-0.39, 0.29) is 31.1 Å². The van der Waals surface area contributed by atoms with E-state index in [0.717, 1.165) is 57.8 Å². The molecule has 0 rings (SSSR count). The molecule has 0 aromatic rings. The molecule has 0 aromatic heterocycles. The zero-order valence-electron chi connectivity index (χ0n) is 52.0. The minimum atomic E-state index is -0.790. The SMILES string of the molecule is CCCCCCCC/C=C\C/C=C\C/C=C\CCCC(=O)OC[C@H](COC(=O)CCCCCCCCCCCCCCCCCCCCCCC)OC(=O)CCCCCCCCCCCCCCCCCCCCCCC. The quantitative estimate of drug-likeness (QED) is 0.0261. The van der Waals surface area contributed by atoms with Crippen molar-refractivity contribution in [3.05, 3.63) is 36.5 Å². The van der Waals surface area contributed by atoms with E-state index in [9.17, 15) is 14.4 Å². The number of carbonyl (C=O) groups excluding carboxylic acids is 3. The molecule has 0 N–H and O–H groups in total. The molecule has 0 aliphatic carbocycles. The van der Waals surface area contributed by atoms with Gasteiger partial charge < -0.3 is 14.2 Å². The van der Waals surface area contributed by atoms with E-state index in [1.807, 2.05) is 0 Å². The van der Waals surface area contributed by atoms with E-state index < -0.39 is 6.10 Å². The molecule has 0 radical (unpaired) electrons. The molecule has 6 heteroatoms. The second kappa shape index (κ2) is 66.1. The maximum atomic E-state index is 12.9. The number of hydrogen-bond donors (Lipinski definition) is 0. The first kappa shape index (κ1) is 74.6. The fourth-order valence-electron chi connectivity index (χ4n) is 10.5. The van der Waals surface area contributed by atoms with Crippen molar-refractivity contribution in [1.29, 1.82) is 0 Å². The molecule has 0 heterocycles. The summed E-state index contributed by atoms with van der Waals surface area (Å²) < 4.78 is 16.9. The Hall–Kier alpha value is -2.37. The van der Waals surface area contributed by atoms with Gasteiger partial charge in [-0.2, -0.15) is 0 Å². The van der Waals surface area contributed by atoms with Gasteiger partial charge in [-0.1, -0.05) is 346 Å². The molecule has 0 amide bonds. The lowest BCUT2D eigenvalue weighted by molar-refractivity contribution is -0.167. The maximum Gasteiger partial charge on any atom is 0.306 e. The van der Waals surface area contributed by atoms with Gasteiger partial charge >= 0.3 is 17.9 Å². The number of carbonyl (C=O) groups is 3. The van der Waals surface area contributed by atoms with E-state index in [4.69, 9.17) is 14.2 Å². The van der Waals surface area contributed by atoms with E-state index in [1.165, 1.54) is 276 Å². The Balaban J connectivity index is 4.35. The predicted octanol–water partition coefficient (Wildman–Crippen LogP) is 23.6. The van der Waals surface area contributed by atoms with Gasteiger partial charge in [0.2, 0.25) is 0 Å². The molecular formula is C71H132O6. The largest absolute Gasteiger partial charge is 0.462 e.